The number of hydrogen-bond acceptors (Lipinski definition) is 3. The monoisotopic (exact) mass is 288 g/mol. The fourth-order valence-corrected chi connectivity index (χ4v) is 3.62. The number of rotatable bonds is 4. The van der Waals surface area contributed by atoms with E-state index in [1.54, 1.807) is 0 Å². The molecule has 0 radical (unpaired) electrons. The highest BCUT2D eigenvalue weighted by Crippen LogP contribution is 2.47. The van der Waals surface area contributed by atoms with Gasteiger partial charge in [-0.2, -0.15) is 21.6 Å². The first-order valence-corrected chi connectivity index (χ1v) is 7.43. The third-order valence-corrected chi connectivity index (χ3v) is 4.46. The Morgan fingerprint density at radius 2 is 1.94 bits per heavy atom. The molecule has 2 bridgehead atoms. The van der Waals surface area contributed by atoms with Crippen LogP contribution in [-0.4, -0.2) is 37.1 Å². The lowest BCUT2D eigenvalue weighted by molar-refractivity contribution is -0.230. The van der Waals surface area contributed by atoms with E-state index in [2.05, 4.69) is 0 Å². The Labute approximate surface area is 103 Å². The fourth-order valence-electron chi connectivity index (χ4n) is 2.97. The van der Waals surface area contributed by atoms with Gasteiger partial charge in [0.2, 0.25) is 0 Å². The Kier molecular flexibility index (Phi) is 3.63. The molecule has 8 heteroatoms. The second kappa shape index (κ2) is 4.64. The van der Waals surface area contributed by atoms with Crippen molar-refractivity contribution in [2.24, 2.45) is 11.8 Å². The van der Waals surface area contributed by atoms with Gasteiger partial charge in [-0.3, -0.25) is 4.55 Å². The quantitative estimate of drug-likeness (QED) is 0.804. The van der Waals surface area contributed by atoms with E-state index in [9.17, 15) is 21.6 Å². The van der Waals surface area contributed by atoms with Gasteiger partial charge in [0.1, 0.15) is 5.75 Å². The fraction of sp³-hybridized carbons (Fsp3) is 1.00. The van der Waals surface area contributed by atoms with E-state index >= 15 is 0 Å². The standard InChI is InChI=1S/C10H15F3O4S/c11-10(12,13)9(5-18(14,15)16)17-8-4-6-1-2-7(8)3-6/h6-9H,1-5H2,(H,14,15,16). The highest BCUT2D eigenvalue weighted by molar-refractivity contribution is 7.85. The number of ether oxygens (including phenoxy) is 1. The molecule has 18 heavy (non-hydrogen) atoms. The van der Waals surface area contributed by atoms with Crippen molar-refractivity contribution in [3.8, 4) is 0 Å². The molecule has 0 aromatic rings. The average Bonchev–Trinajstić information content (AvgIpc) is 2.74. The third kappa shape index (κ3) is 3.36. The van der Waals surface area contributed by atoms with Crippen LogP contribution in [0.5, 0.6) is 0 Å². The SMILES string of the molecule is O=S(=O)(O)CC(OC1CC2CCC1C2)C(F)(F)F. The summed E-state index contributed by atoms with van der Waals surface area (Å²) in [6, 6.07) is 0. The van der Waals surface area contributed by atoms with Crippen LogP contribution in [0, 0.1) is 11.8 Å². The molecule has 2 aliphatic carbocycles. The molecule has 2 fully saturated rings. The first-order chi connectivity index (χ1) is 8.15. The highest BCUT2D eigenvalue weighted by Gasteiger charge is 2.48. The zero-order valence-corrected chi connectivity index (χ0v) is 10.4. The Balaban J connectivity index is 2.02. The summed E-state index contributed by atoms with van der Waals surface area (Å²) < 4.78 is 72.6. The molecule has 0 saturated heterocycles. The number of alkyl halides is 3. The van der Waals surface area contributed by atoms with Gasteiger partial charge >= 0.3 is 6.18 Å². The molecule has 0 aromatic heterocycles. The Bertz CT molecular complexity index is 406. The van der Waals surface area contributed by atoms with Gasteiger partial charge in [0.15, 0.2) is 6.10 Å². The molecule has 4 unspecified atom stereocenters. The summed E-state index contributed by atoms with van der Waals surface area (Å²) in [6.07, 6.45) is -4.47. The van der Waals surface area contributed by atoms with E-state index < -0.39 is 34.3 Å². The summed E-state index contributed by atoms with van der Waals surface area (Å²) in [5.41, 5.74) is 0. The summed E-state index contributed by atoms with van der Waals surface area (Å²) >= 11 is 0. The summed E-state index contributed by atoms with van der Waals surface area (Å²) in [6.45, 7) is 0. The molecule has 2 rings (SSSR count). The third-order valence-electron chi connectivity index (χ3n) is 3.74. The van der Waals surface area contributed by atoms with Gasteiger partial charge in [0.05, 0.1) is 6.10 Å². The minimum Gasteiger partial charge on any atom is -0.364 e. The van der Waals surface area contributed by atoms with Crippen molar-refractivity contribution in [1.82, 2.24) is 0 Å². The molecule has 0 aliphatic heterocycles. The Morgan fingerprint density at radius 3 is 2.33 bits per heavy atom. The summed E-state index contributed by atoms with van der Waals surface area (Å²) in [7, 11) is -4.71. The molecule has 0 amide bonds. The van der Waals surface area contributed by atoms with Crippen molar-refractivity contribution >= 4 is 10.1 Å². The molecular weight excluding hydrogens is 273 g/mol. The maximum Gasteiger partial charge on any atom is 0.415 e. The van der Waals surface area contributed by atoms with Gasteiger partial charge in [-0.15, -0.1) is 0 Å². The van der Waals surface area contributed by atoms with E-state index in [0.717, 1.165) is 19.3 Å². The summed E-state index contributed by atoms with van der Waals surface area (Å²) in [4.78, 5) is 0. The van der Waals surface area contributed by atoms with E-state index in [4.69, 9.17) is 9.29 Å². The predicted molar refractivity (Wildman–Crippen MR) is 56.6 cm³/mol. The molecule has 1 N–H and O–H groups in total. The number of halogens is 3. The number of hydrogen-bond donors (Lipinski definition) is 1. The van der Waals surface area contributed by atoms with Gasteiger partial charge < -0.3 is 4.74 Å². The van der Waals surface area contributed by atoms with Crippen LogP contribution in [0.1, 0.15) is 25.7 Å². The molecule has 0 heterocycles. The van der Waals surface area contributed by atoms with Crippen LogP contribution < -0.4 is 0 Å². The summed E-state index contributed by atoms with van der Waals surface area (Å²) in [5, 5.41) is 0. The van der Waals surface area contributed by atoms with Crippen LogP contribution in [0.2, 0.25) is 0 Å². The predicted octanol–water partition coefficient (Wildman–Crippen LogP) is 2.01. The molecule has 2 aliphatic rings. The normalized spacial score (nSPS) is 33.9. The molecule has 0 aromatic carbocycles. The van der Waals surface area contributed by atoms with Crippen LogP contribution in [0.25, 0.3) is 0 Å². The van der Waals surface area contributed by atoms with E-state index in [0.29, 0.717) is 12.3 Å². The van der Waals surface area contributed by atoms with Crippen molar-refractivity contribution in [1.29, 1.82) is 0 Å². The lowest BCUT2D eigenvalue weighted by Gasteiger charge is -2.28. The van der Waals surface area contributed by atoms with Crippen molar-refractivity contribution < 1.29 is 30.9 Å². The second-order valence-corrected chi connectivity index (χ2v) is 6.63. The molecule has 4 atom stereocenters. The van der Waals surface area contributed by atoms with Crippen molar-refractivity contribution in [3.63, 3.8) is 0 Å². The molecule has 0 spiro atoms. The topological polar surface area (TPSA) is 63.6 Å². The Hall–Kier alpha value is -0.340. The summed E-state index contributed by atoms with van der Waals surface area (Å²) in [5.74, 6) is -0.925. The van der Waals surface area contributed by atoms with Gasteiger partial charge in [-0.25, -0.2) is 0 Å². The zero-order valence-electron chi connectivity index (χ0n) is 9.56. The first kappa shape index (κ1) is 14.1. The smallest absolute Gasteiger partial charge is 0.364 e. The highest BCUT2D eigenvalue weighted by atomic mass is 32.2. The van der Waals surface area contributed by atoms with Gasteiger partial charge in [0.25, 0.3) is 10.1 Å². The van der Waals surface area contributed by atoms with Crippen molar-refractivity contribution in [2.45, 2.75) is 44.1 Å². The second-order valence-electron chi connectivity index (χ2n) is 5.13. The largest absolute Gasteiger partial charge is 0.415 e. The maximum absolute atomic E-state index is 12.6. The van der Waals surface area contributed by atoms with Crippen LogP contribution in [0.15, 0.2) is 0 Å². The Morgan fingerprint density at radius 1 is 1.28 bits per heavy atom. The maximum atomic E-state index is 12.6. The van der Waals surface area contributed by atoms with E-state index in [-0.39, 0.29) is 5.92 Å². The number of fused-ring (bicyclic) bond motifs is 2. The molecule has 4 nitrogen and oxygen atoms in total. The lowest BCUT2D eigenvalue weighted by Crippen LogP contribution is -2.41. The van der Waals surface area contributed by atoms with E-state index in [1.165, 1.54) is 0 Å². The van der Waals surface area contributed by atoms with Crippen molar-refractivity contribution in [2.75, 3.05) is 5.75 Å². The van der Waals surface area contributed by atoms with Crippen LogP contribution in [-0.2, 0) is 14.9 Å². The van der Waals surface area contributed by atoms with Gasteiger partial charge in [-0.05, 0) is 37.5 Å². The van der Waals surface area contributed by atoms with E-state index in [1.807, 2.05) is 0 Å². The molecule has 106 valence electrons. The van der Waals surface area contributed by atoms with Gasteiger partial charge in [0, 0.05) is 0 Å². The molecular formula is C10H15F3O4S. The average molecular weight is 288 g/mol. The van der Waals surface area contributed by atoms with Crippen LogP contribution >= 0.6 is 0 Å². The molecule has 2 saturated carbocycles. The minimum absolute atomic E-state index is 0.0984. The minimum atomic E-state index is -4.78. The zero-order chi connectivity index (χ0) is 13.6. The van der Waals surface area contributed by atoms with Crippen molar-refractivity contribution in [3.05, 3.63) is 0 Å². The van der Waals surface area contributed by atoms with Crippen LogP contribution in [0.4, 0.5) is 13.2 Å². The first-order valence-electron chi connectivity index (χ1n) is 5.82. The van der Waals surface area contributed by atoms with Gasteiger partial charge in [-0.1, -0.05) is 0 Å². The van der Waals surface area contributed by atoms with Crippen LogP contribution in [0.3, 0.4) is 0 Å². The lowest BCUT2D eigenvalue weighted by atomic mass is 9.97.